The van der Waals surface area contributed by atoms with Gasteiger partial charge < -0.3 is 10.8 Å². The van der Waals surface area contributed by atoms with E-state index in [1.54, 1.807) is 0 Å². The van der Waals surface area contributed by atoms with Gasteiger partial charge in [-0.2, -0.15) is 0 Å². The van der Waals surface area contributed by atoms with Crippen molar-refractivity contribution in [3.63, 3.8) is 0 Å². The van der Waals surface area contributed by atoms with Gasteiger partial charge in [-0.25, -0.2) is 0 Å². The van der Waals surface area contributed by atoms with E-state index in [1.165, 1.54) is 0 Å². The lowest BCUT2D eigenvalue weighted by Gasteiger charge is -2.12. The van der Waals surface area contributed by atoms with Crippen LogP contribution in [0.3, 0.4) is 0 Å². The van der Waals surface area contributed by atoms with Crippen molar-refractivity contribution in [3.8, 4) is 0 Å². The van der Waals surface area contributed by atoms with E-state index in [0.717, 1.165) is 12.8 Å². The summed E-state index contributed by atoms with van der Waals surface area (Å²) in [6.45, 7) is 2.01. The van der Waals surface area contributed by atoms with Gasteiger partial charge in [0.2, 0.25) is 0 Å². The Balaban J connectivity index is 2.57. The molecule has 0 saturated heterocycles. The summed E-state index contributed by atoms with van der Waals surface area (Å²) in [5, 5.41) is 8.62. The summed E-state index contributed by atoms with van der Waals surface area (Å²) in [5.74, 6) is -0.659. The molecule has 0 aromatic heterocycles. The minimum absolute atomic E-state index is 0.127. The molecule has 10 heavy (non-hydrogen) atoms. The molecular formula is C7H13NO2. The predicted molar refractivity (Wildman–Crippen MR) is 37.5 cm³/mol. The summed E-state index contributed by atoms with van der Waals surface area (Å²) in [7, 11) is 0. The third-order valence-electron chi connectivity index (χ3n) is 2.37. The van der Waals surface area contributed by atoms with Crippen LogP contribution in [-0.2, 0) is 4.79 Å². The third-order valence-corrected chi connectivity index (χ3v) is 2.37. The fraction of sp³-hybridized carbons (Fsp3) is 0.857. The minimum atomic E-state index is -0.739. The maximum Gasteiger partial charge on any atom is 0.308 e. The number of hydrogen-bond acceptors (Lipinski definition) is 2. The second-order valence-electron chi connectivity index (χ2n) is 3.08. The van der Waals surface area contributed by atoms with E-state index >= 15 is 0 Å². The number of carbonyl (C=O) groups is 1. The minimum Gasteiger partial charge on any atom is -0.481 e. The summed E-state index contributed by atoms with van der Waals surface area (Å²) < 4.78 is 0. The summed E-state index contributed by atoms with van der Waals surface area (Å²) in [6, 6.07) is -0.127. The van der Waals surface area contributed by atoms with Gasteiger partial charge >= 0.3 is 5.97 Å². The molecule has 0 heterocycles. The molecule has 58 valence electrons. The summed E-state index contributed by atoms with van der Waals surface area (Å²) in [6.07, 6.45) is 1.70. The number of carboxylic acids is 1. The van der Waals surface area contributed by atoms with E-state index in [9.17, 15) is 4.79 Å². The molecule has 3 N–H and O–H groups in total. The van der Waals surface area contributed by atoms with Crippen LogP contribution in [0.25, 0.3) is 0 Å². The van der Waals surface area contributed by atoms with Gasteiger partial charge in [-0.15, -0.1) is 0 Å². The summed E-state index contributed by atoms with van der Waals surface area (Å²) in [5.41, 5.74) is 5.64. The van der Waals surface area contributed by atoms with Gasteiger partial charge in [0.1, 0.15) is 0 Å². The SMILES string of the molecule is C[C@@H]1CC[C@@H](C(=O)O)[C@H]1N. The highest BCUT2D eigenvalue weighted by Gasteiger charge is 2.34. The molecule has 0 unspecified atom stereocenters. The lowest BCUT2D eigenvalue weighted by Crippen LogP contribution is -2.34. The lowest BCUT2D eigenvalue weighted by molar-refractivity contribution is -0.142. The third kappa shape index (κ3) is 1.14. The fourth-order valence-electron chi connectivity index (χ4n) is 1.51. The standard InChI is InChI=1S/C7H13NO2/c1-4-2-3-5(6(4)8)7(9)10/h4-6H,2-3,8H2,1H3,(H,9,10)/t4-,5-,6+/m1/s1. The van der Waals surface area contributed by atoms with E-state index in [-0.39, 0.29) is 12.0 Å². The number of aliphatic carboxylic acids is 1. The van der Waals surface area contributed by atoms with Crippen molar-refractivity contribution in [1.82, 2.24) is 0 Å². The van der Waals surface area contributed by atoms with E-state index in [1.807, 2.05) is 6.92 Å². The van der Waals surface area contributed by atoms with Crippen LogP contribution < -0.4 is 5.73 Å². The highest BCUT2D eigenvalue weighted by molar-refractivity contribution is 5.71. The predicted octanol–water partition coefficient (Wildman–Crippen LogP) is 0.444. The molecular weight excluding hydrogens is 130 g/mol. The van der Waals surface area contributed by atoms with Crippen molar-refractivity contribution in [3.05, 3.63) is 0 Å². The fourth-order valence-corrected chi connectivity index (χ4v) is 1.51. The highest BCUT2D eigenvalue weighted by Crippen LogP contribution is 2.29. The van der Waals surface area contributed by atoms with E-state index in [2.05, 4.69) is 0 Å². The Kier molecular flexibility index (Phi) is 1.94. The Labute approximate surface area is 60.2 Å². The van der Waals surface area contributed by atoms with Crippen LogP contribution in [0.4, 0.5) is 0 Å². The molecule has 0 spiro atoms. The first kappa shape index (κ1) is 7.54. The van der Waals surface area contributed by atoms with Crippen LogP contribution in [0.5, 0.6) is 0 Å². The van der Waals surface area contributed by atoms with Crippen LogP contribution in [0.2, 0.25) is 0 Å². The van der Waals surface area contributed by atoms with Crippen LogP contribution in [-0.4, -0.2) is 17.1 Å². The lowest BCUT2D eigenvalue weighted by atomic mass is 10.0. The Morgan fingerprint density at radius 1 is 1.60 bits per heavy atom. The molecule has 1 aliphatic rings. The first-order chi connectivity index (χ1) is 4.63. The zero-order valence-corrected chi connectivity index (χ0v) is 6.08. The van der Waals surface area contributed by atoms with Crippen molar-refractivity contribution >= 4 is 5.97 Å². The number of carboxylic acid groups (broad SMARTS) is 1. The Hall–Kier alpha value is -0.570. The van der Waals surface area contributed by atoms with E-state index in [4.69, 9.17) is 10.8 Å². The van der Waals surface area contributed by atoms with E-state index < -0.39 is 5.97 Å². The monoisotopic (exact) mass is 143 g/mol. The molecule has 1 saturated carbocycles. The van der Waals surface area contributed by atoms with Gasteiger partial charge in [-0.05, 0) is 18.8 Å². The van der Waals surface area contributed by atoms with Crippen LogP contribution >= 0.6 is 0 Å². The van der Waals surface area contributed by atoms with Gasteiger partial charge in [0.15, 0.2) is 0 Å². The second-order valence-corrected chi connectivity index (χ2v) is 3.08. The normalized spacial score (nSPS) is 40.0. The zero-order valence-electron chi connectivity index (χ0n) is 6.08. The molecule has 0 aromatic carbocycles. The molecule has 0 amide bonds. The number of nitrogens with two attached hydrogens (primary N) is 1. The molecule has 0 radical (unpaired) electrons. The Bertz CT molecular complexity index is 147. The van der Waals surface area contributed by atoms with Crippen LogP contribution in [0, 0.1) is 11.8 Å². The molecule has 0 aliphatic heterocycles. The molecule has 1 aliphatic carbocycles. The van der Waals surface area contributed by atoms with Crippen molar-refractivity contribution in [2.24, 2.45) is 17.6 Å². The van der Waals surface area contributed by atoms with Gasteiger partial charge in [0, 0.05) is 6.04 Å². The largest absolute Gasteiger partial charge is 0.481 e. The Morgan fingerprint density at radius 3 is 2.40 bits per heavy atom. The van der Waals surface area contributed by atoms with Crippen molar-refractivity contribution in [2.75, 3.05) is 0 Å². The smallest absolute Gasteiger partial charge is 0.308 e. The van der Waals surface area contributed by atoms with Crippen molar-refractivity contribution in [2.45, 2.75) is 25.8 Å². The number of hydrogen-bond donors (Lipinski definition) is 2. The molecule has 3 atom stereocenters. The van der Waals surface area contributed by atoms with Gasteiger partial charge in [-0.3, -0.25) is 4.79 Å². The van der Waals surface area contributed by atoms with Gasteiger partial charge in [0.05, 0.1) is 5.92 Å². The molecule has 1 rings (SSSR count). The Morgan fingerprint density at radius 2 is 2.20 bits per heavy atom. The quantitative estimate of drug-likeness (QED) is 0.560. The topological polar surface area (TPSA) is 63.3 Å². The average molecular weight is 143 g/mol. The van der Waals surface area contributed by atoms with Crippen molar-refractivity contribution in [1.29, 1.82) is 0 Å². The van der Waals surface area contributed by atoms with Crippen molar-refractivity contribution < 1.29 is 9.90 Å². The summed E-state index contributed by atoms with van der Waals surface area (Å²) >= 11 is 0. The average Bonchev–Trinajstić information content (AvgIpc) is 2.14. The molecule has 3 heteroatoms. The molecule has 1 fully saturated rings. The maximum atomic E-state index is 10.5. The van der Waals surface area contributed by atoms with Gasteiger partial charge in [-0.1, -0.05) is 6.92 Å². The molecule has 3 nitrogen and oxygen atoms in total. The molecule has 0 bridgehead atoms. The summed E-state index contributed by atoms with van der Waals surface area (Å²) in [4.78, 5) is 10.5. The van der Waals surface area contributed by atoms with Crippen LogP contribution in [0.15, 0.2) is 0 Å². The first-order valence-corrected chi connectivity index (χ1v) is 3.61. The second kappa shape index (κ2) is 2.58. The van der Waals surface area contributed by atoms with Crippen LogP contribution in [0.1, 0.15) is 19.8 Å². The zero-order chi connectivity index (χ0) is 7.72. The van der Waals surface area contributed by atoms with E-state index in [0.29, 0.717) is 5.92 Å². The van der Waals surface area contributed by atoms with Gasteiger partial charge in [0.25, 0.3) is 0 Å². The number of rotatable bonds is 1. The first-order valence-electron chi connectivity index (χ1n) is 3.61. The maximum absolute atomic E-state index is 10.5. The molecule has 0 aromatic rings. The highest BCUT2D eigenvalue weighted by atomic mass is 16.4.